The van der Waals surface area contributed by atoms with Gasteiger partial charge in [-0.1, -0.05) is 20.8 Å². The van der Waals surface area contributed by atoms with E-state index in [-0.39, 0.29) is 0 Å². The third kappa shape index (κ3) is 4.56. The first kappa shape index (κ1) is 15.5. The molecule has 0 fully saturated rings. The summed E-state index contributed by atoms with van der Waals surface area (Å²) in [7, 11) is 0. The highest BCUT2D eigenvalue weighted by Crippen LogP contribution is 2.23. The minimum atomic E-state index is 0.361. The average molecular weight is 288 g/mol. The molecule has 0 aliphatic heterocycles. The summed E-state index contributed by atoms with van der Waals surface area (Å²) in [6, 6.07) is 5.97. The normalized spacial score (nSPS) is 11.1. The second-order valence-electron chi connectivity index (χ2n) is 5.56. The molecule has 2 N–H and O–H groups in total. The fourth-order valence-electron chi connectivity index (χ4n) is 1.99. The van der Waals surface area contributed by atoms with E-state index in [1.165, 1.54) is 5.56 Å². The lowest BCUT2D eigenvalue weighted by atomic mass is 10.1. The zero-order valence-electron chi connectivity index (χ0n) is 13.2. The Hall–Kier alpha value is -1.88. The van der Waals surface area contributed by atoms with Crippen molar-refractivity contribution in [3.05, 3.63) is 35.2 Å². The minimum Gasteiger partial charge on any atom is -0.419 e. The molecule has 0 bridgehead atoms. The Morgan fingerprint density at radius 3 is 2.67 bits per heavy atom. The Labute approximate surface area is 126 Å². The van der Waals surface area contributed by atoms with Gasteiger partial charge in [-0.25, -0.2) is 4.98 Å². The second-order valence-corrected chi connectivity index (χ2v) is 5.56. The Bertz CT molecular complexity index is 577. The maximum atomic E-state index is 5.76. The molecule has 5 heteroatoms. The molecule has 2 heterocycles. The van der Waals surface area contributed by atoms with Gasteiger partial charge in [-0.15, -0.1) is 5.10 Å². The van der Waals surface area contributed by atoms with E-state index in [2.05, 4.69) is 47.3 Å². The van der Waals surface area contributed by atoms with Crippen LogP contribution in [0.15, 0.2) is 18.2 Å². The predicted molar refractivity (Wildman–Crippen MR) is 83.7 cm³/mol. The molecule has 114 valence electrons. The van der Waals surface area contributed by atoms with Crippen LogP contribution in [0.1, 0.15) is 50.1 Å². The van der Waals surface area contributed by atoms with E-state index >= 15 is 0 Å². The van der Waals surface area contributed by atoms with Gasteiger partial charge in [0.1, 0.15) is 0 Å². The molecule has 5 nitrogen and oxygen atoms in total. The molecule has 2 rings (SSSR count). The van der Waals surface area contributed by atoms with Crippen molar-refractivity contribution >= 4 is 0 Å². The molecule has 2 aromatic heterocycles. The first-order valence-electron chi connectivity index (χ1n) is 7.50. The van der Waals surface area contributed by atoms with E-state index < -0.39 is 0 Å². The molecule has 0 amide bonds. The van der Waals surface area contributed by atoms with Crippen LogP contribution in [0.2, 0.25) is 0 Å². The van der Waals surface area contributed by atoms with Gasteiger partial charge in [0, 0.05) is 30.1 Å². The fourth-order valence-corrected chi connectivity index (χ4v) is 1.99. The van der Waals surface area contributed by atoms with E-state index in [4.69, 9.17) is 4.74 Å². The number of aryl methyl sites for hydroxylation is 1. The summed E-state index contributed by atoms with van der Waals surface area (Å²) in [6.07, 6.45) is 1.12. The summed E-state index contributed by atoms with van der Waals surface area (Å²) < 4.78 is 5.76. The van der Waals surface area contributed by atoms with Crippen LogP contribution in [0.25, 0.3) is 0 Å². The summed E-state index contributed by atoms with van der Waals surface area (Å²) in [6.45, 7) is 10.2. The first-order chi connectivity index (χ1) is 10.1. The Kier molecular flexibility index (Phi) is 5.33. The number of nitrogens with zero attached hydrogens (tertiary/aromatic N) is 2. The average Bonchev–Trinajstić information content (AvgIpc) is 2.84. The molecule has 0 unspecified atom stereocenters. The maximum Gasteiger partial charge on any atom is 0.240 e. The highest BCUT2D eigenvalue weighted by molar-refractivity contribution is 5.29. The molecule has 0 radical (unpaired) electrons. The van der Waals surface area contributed by atoms with E-state index in [1.807, 2.05) is 19.1 Å². The quantitative estimate of drug-likeness (QED) is 0.765. The molecule has 0 saturated carbocycles. The van der Waals surface area contributed by atoms with E-state index in [1.54, 1.807) is 0 Å². The number of H-pyrrole nitrogens is 1. The molecule has 0 aliphatic rings. The number of rotatable bonds is 7. The van der Waals surface area contributed by atoms with Crippen LogP contribution in [0.4, 0.5) is 0 Å². The fraction of sp³-hybridized carbons (Fsp3) is 0.500. The Balaban J connectivity index is 2.18. The van der Waals surface area contributed by atoms with Crippen molar-refractivity contribution in [3.63, 3.8) is 0 Å². The SMILES string of the molecule is CCCNCc1cc(Oc2cc(C)[nH]n2)nc(C(C)C)c1. The summed E-state index contributed by atoms with van der Waals surface area (Å²) in [5.74, 6) is 1.51. The summed E-state index contributed by atoms with van der Waals surface area (Å²) in [4.78, 5) is 4.56. The van der Waals surface area contributed by atoms with Crippen LogP contribution in [0.3, 0.4) is 0 Å². The van der Waals surface area contributed by atoms with Crippen molar-refractivity contribution in [2.45, 2.75) is 46.6 Å². The van der Waals surface area contributed by atoms with E-state index in [0.717, 1.165) is 30.9 Å². The molecule has 0 atom stereocenters. The lowest BCUT2D eigenvalue weighted by Crippen LogP contribution is -2.14. The largest absolute Gasteiger partial charge is 0.419 e. The highest BCUT2D eigenvalue weighted by Gasteiger charge is 2.09. The number of ether oxygens (including phenoxy) is 1. The van der Waals surface area contributed by atoms with Gasteiger partial charge < -0.3 is 10.1 Å². The monoisotopic (exact) mass is 288 g/mol. The number of nitrogens with one attached hydrogen (secondary N) is 2. The van der Waals surface area contributed by atoms with Gasteiger partial charge >= 0.3 is 0 Å². The molecule has 0 aliphatic carbocycles. The molecular weight excluding hydrogens is 264 g/mol. The van der Waals surface area contributed by atoms with E-state index in [0.29, 0.717) is 17.7 Å². The highest BCUT2D eigenvalue weighted by atomic mass is 16.5. The van der Waals surface area contributed by atoms with Crippen LogP contribution in [-0.2, 0) is 6.54 Å². The minimum absolute atomic E-state index is 0.361. The van der Waals surface area contributed by atoms with Gasteiger partial charge in [0.25, 0.3) is 0 Å². The summed E-state index contributed by atoms with van der Waals surface area (Å²) in [5.41, 5.74) is 3.19. The van der Waals surface area contributed by atoms with Crippen LogP contribution in [0, 0.1) is 6.92 Å². The van der Waals surface area contributed by atoms with Crippen molar-refractivity contribution < 1.29 is 4.74 Å². The first-order valence-corrected chi connectivity index (χ1v) is 7.50. The number of pyridine rings is 1. The van der Waals surface area contributed by atoms with Gasteiger partial charge in [0.2, 0.25) is 11.8 Å². The molecule has 21 heavy (non-hydrogen) atoms. The number of aromatic amines is 1. The van der Waals surface area contributed by atoms with Gasteiger partial charge in [0.15, 0.2) is 0 Å². The standard InChI is InChI=1S/C16H24N4O/c1-5-6-17-10-13-8-14(11(2)3)18-15(9-13)21-16-7-12(4)19-20-16/h7-9,11,17H,5-6,10H2,1-4H3,(H,19,20). The zero-order chi connectivity index (χ0) is 15.2. The molecule has 0 saturated heterocycles. The van der Waals surface area contributed by atoms with Crippen LogP contribution >= 0.6 is 0 Å². The second kappa shape index (κ2) is 7.22. The smallest absolute Gasteiger partial charge is 0.240 e. The molecule has 2 aromatic rings. The molecule has 0 aromatic carbocycles. The Morgan fingerprint density at radius 2 is 2.05 bits per heavy atom. The molecular formula is C16H24N4O. The third-order valence-corrected chi connectivity index (χ3v) is 3.12. The lowest BCUT2D eigenvalue weighted by molar-refractivity contribution is 0.439. The summed E-state index contributed by atoms with van der Waals surface area (Å²) >= 11 is 0. The van der Waals surface area contributed by atoms with Crippen molar-refractivity contribution in [1.29, 1.82) is 0 Å². The third-order valence-electron chi connectivity index (χ3n) is 3.12. The van der Waals surface area contributed by atoms with Crippen molar-refractivity contribution in [2.24, 2.45) is 0 Å². The van der Waals surface area contributed by atoms with Gasteiger partial charge in [-0.2, -0.15) is 0 Å². The van der Waals surface area contributed by atoms with Crippen molar-refractivity contribution in [2.75, 3.05) is 6.54 Å². The topological polar surface area (TPSA) is 62.8 Å². The Morgan fingerprint density at radius 1 is 1.24 bits per heavy atom. The van der Waals surface area contributed by atoms with Crippen LogP contribution in [0.5, 0.6) is 11.8 Å². The van der Waals surface area contributed by atoms with Gasteiger partial charge in [0.05, 0.1) is 0 Å². The van der Waals surface area contributed by atoms with Gasteiger partial charge in [-0.05, 0) is 37.4 Å². The zero-order valence-corrected chi connectivity index (χ0v) is 13.2. The summed E-state index contributed by atoms with van der Waals surface area (Å²) in [5, 5.41) is 10.4. The van der Waals surface area contributed by atoms with Crippen molar-refractivity contribution in [3.8, 4) is 11.8 Å². The predicted octanol–water partition coefficient (Wildman–Crippen LogP) is 3.53. The van der Waals surface area contributed by atoms with Crippen molar-refractivity contribution in [1.82, 2.24) is 20.5 Å². The van der Waals surface area contributed by atoms with Crippen LogP contribution in [-0.4, -0.2) is 21.7 Å². The van der Waals surface area contributed by atoms with Gasteiger partial charge in [-0.3, -0.25) is 5.10 Å². The van der Waals surface area contributed by atoms with Crippen LogP contribution < -0.4 is 10.1 Å². The number of hydrogen-bond acceptors (Lipinski definition) is 4. The maximum absolute atomic E-state index is 5.76. The number of aromatic nitrogens is 3. The lowest BCUT2D eigenvalue weighted by Gasteiger charge is -2.11. The number of hydrogen-bond donors (Lipinski definition) is 2. The molecule has 0 spiro atoms. The van der Waals surface area contributed by atoms with E-state index in [9.17, 15) is 0 Å².